The fourth-order valence-electron chi connectivity index (χ4n) is 1.79. The molecule has 1 aromatic carbocycles. The van der Waals surface area contributed by atoms with Crippen LogP contribution in [0.5, 0.6) is 0 Å². The van der Waals surface area contributed by atoms with E-state index in [0.717, 1.165) is 6.42 Å². The van der Waals surface area contributed by atoms with Crippen molar-refractivity contribution >= 4 is 23.4 Å². The van der Waals surface area contributed by atoms with Crippen LogP contribution in [0.15, 0.2) is 24.3 Å². The monoisotopic (exact) mass is 326 g/mol. The zero-order chi connectivity index (χ0) is 16.2. The molecule has 0 saturated carbocycles. The smallest absolute Gasteiger partial charge is 0.251 e. The van der Waals surface area contributed by atoms with Gasteiger partial charge in [-0.05, 0) is 44.0 Å². The largest absolute Gasteiger partial charge is 0.382 e. The fraction of sp³-hybridized carbons (Fsp3) is 0.500. The number of rotatable bonds is 10. The van der Waals surface area contributed by atoms with Crippen LogP contribution < -0.4 is 10.6 Å². The van der Waals surface area contributed by atoms with Crippen molar-refractivity contribution in [3.05, 3.63) is 34.9 Å². The Kier molecular flexibility index (Phi) is 9.26. The molecule has 0 radical (unpaired) electrons. The van der Waals surface area contributed by atoms with Crippen molar-refractivity contribution in [2.24, 2.45) is 0 Å². The van der Waals surface area contributed by atoms with Crippen LogP contribution in [0.3, 0.4) is 0 Å². The second kappa shape index (κ2) is 11.0. The molecule has 0 fully saturated rings. The van der Waals surface area contributed by atoms with Crippen molar-refractivity contribution < 1.29 is 14.3 Å². The molecular formula is C16H23ClN2O3. The Bertz CT molecular complexity index is 463. The van der Waals surface area contributed by atoms with Gasteiger partial charge in [-0.2, -0.15) is 0 Å². The molecule has 6 heteroatoms. The highest BCUT2D eigenvalue weighted by molar-refractivity contribution is 6.30. The lowest BCUT2D eigenvalue weighted by Crippen LogP contribution is -2.28. The van der Waals surface area contributed by atoms with Crippen LogP contribution in [-0.4, -0.2) is 38.1 Å². The minimum atomic E-state index is -0.159. The molecule has 0 unspecified atom stereocenters. The Morgan fingerprint density at radius 2 is 1.77 bits per heavy atom. The van der Waals surface area contributed by atoms with Gasteiger partial charge in [0.25, 0.3) is 5.91 Å². The van der Waals surface area contributed by atoms with E-state index in [4.69, 9.17) is 16.3 Å². The summed E-state index contributed by atoms with van der Waals surface area (Å²) in [5, 5.41) is 6.19. The lowest BCUT2D eigenvalue weighted by molar-refractivity contribution is -0.121. The number of amides is 2. The van der Waals surface area contributed by atoms with Crippen molar-refractivity contribution in [1.82, 2.24) is 10.6 Å². The van der Waals surface area contributed by atoms with Gasteiger partial charge < -0.3 is 15.4 Å². The normalized spacial score (nSPS) is 10.3. The molecule has 5 nitrogen and oxygen atoms in total. The molecule has 0 aromatic heterocycles. The Balaban J connectivity index is 2.08. The first-order valence-corrected chi connectivity index (χ1v) is 7.89. The Labute approximate surface area is 136 Å². The molecule has 0 aliphatic carbocycles. The average Bonchev–Trinajstić information content (AvgIpc) is 2.52. The summed E-state index contributed by atoms with van der Waals surface area (Å²) in [6.07, 6.45) is 1.82. The third kappa shape index (κ3) is 8.00. The molecule has 2 amide bonds. The van der Waals surface area contributed by atoms with Crippen molar-refractivity contribution in [1.29, 1.82) is 0 Å². The van der Waals surface area contributed by atoms with Gasteiger partial charge in [-0.25, -0.2) is 0 Å². The number of halogens is 1. The Morgan fingerprint density at radius 1 is 1.09 bits per heavy atom. The maximum atomic E-state index is 11.8. The van der Waals surface area contributed by atoms with Crippen molar-refractivity contribution in [2.75, 3.05) is 26.3 Å². The van der Waals surface area contributed by atoms with Gasteiger partial charge in [-0.3, -0.25) is 9.59 Å². The summed E-state index contributed by atoms with van der Waals surface area (Å²) >= 11 is 5.76. The second-order valence-electron chi connectivity index (χ2n) is 4.77. The first kappa shape index (κ1) is 18.5. The summed E-state index contributed by atoms with van der Waals surface area (Å²) in [5.41, 5.74) is 0.560. The molecule has 0 atom stereocenters. The molecule has 0 bridgehead atoms. The quantitative estimate of drug-likeness (QED) is 0.649. The third-order valence-electron chi connectivity index (χ3n) is 2.96. The predicted molar refractivity (Wildman–Crippen MR) is 87.1 cm³/mol. The molecule has 1 rings (SSSR count). The zero-order valence-electron chi connectivity index (χ0n) is 12.9. The van der Waals surface area contributed by atoms with Crippen LogP contribution in [0, 0.1) is 0 Å². The highest BCUT2D eigenvalue weighted by Gasteiger charge is 2.05. The molecule has 0 saturated heterocycles. The lowest BCUT2D eigenvalue weighted by Gasteiger charge is -2.07. The van der Waals surface area contributed by atoms with E-state index in [1.54, 1.807) is 24.3 Å². The summed E-state index contributed by atoms with van der Waals surface area (Å²) in [6, 6.07) is 6.68. The van der Waals surface area contributed by atoms with E-state index in [1.807, 2.05) is 6.92 Å². The number of ether oxygens (including phenoxy) is 1. The summed E-state index contributed by atoms with van der Waals surface area (Å²) < 4.78 is 5.18. The summed E-state index contributed by atoms with van der Waals surface area (Å²) in [5.74, 6) is -0.161. The van der Waals surface area contributed by atoms with E-state index < -0.39 is 0 Å². The van der Waals surface area contributed by atoms with Gasteiger partial charge in [-0.15, -0.1) is 0 Å². The molecular weight excluding hydrogens is 304 g/mol. The molecule has 2 N–H and O–H groups in total. The van der Waals surface area contributed by atoms with Gasteiger partial charge in [-0.1, -0.05) is 11.6 Å². The Hall–Kier alpha value is -1.59. The minimum Gasteiger partial charge on any atom is -0.382 e. The summed E-state index contributed by atoms with van der Waals surface area (Å²) in [6.45, 7) is 4.38. The second-order valence-corrected chi connectivity index (χ2v) is 5.20. The maximum absolute atomic E-state index is 11.8. The van der Waals surface area contributed by atoms with Crippen molar-refractivity contribution in [3.63, 3.8) is 0 Å². The summed E-state index contributed by atoms with van der Waals surface area (Å²) in [7, 11) is 0. The molecule has 0 aliphatic rings. The molecule has 1 aromatic rings. The van der Waals surface area contributed by atoms with Crippen molar-refractivity contribution in [3.8, 4) is 0 Å². The Morgan fingerprint density at radius 3 is 2.45 bits per heavy atom. The van der Waals surface area contributed by atoms with Gasteiger partial charge in [0.2, 0.25) is 5.91 Å². The summed E-state index contributed by atoms with van der Waals surface area (Å²) in [4.78, 5) is 23.4. The minimum absolute atomic E-state index is 0.00256. The molecule has 122 valence electrons. The topological polar surface area (TPSA) is 67.4 Å². The predicted octanol–water partition coefficient (Wildman–Crippen LogP) is 2.39. The van der Waals surface area contributed by atoms with Crippen LogP contribution in [0.1, 0.15) is 36.5 Å². The highest BCUT2D eigenvalue weighted by Crippen LogP contribution is 2.09. The standard InChI is InChI=1S/C16H23ClN2O3/c1-2-22-12-4-11-18-15(20)5-3-10-19-16(21)13-6-8-14(17)9-7-13/h6-9H,2-5,10-12H2,1H3,(H,18,20)(H,19,21). The van der Waals surface area contributed by atoms with Crippen LogP contribution in [0.25, 0.3) is 0 Å². The van der Waals surface area contributed by atoms with Crippen LogP contribution >= 0.6 is 11.6 Å². The van der Waals surface area contributed by atoms with Gasteiger partial charge >= 0.3 is 0 Å². The fourth-order valence-corrected chi connectivity index (χ4v) is 1.91. The van der Waals surface area contributed by atoms with E-state index in [1.165, 1.54) is 0 Å². The van der Waals surface area contributed by atoms with Gasteiger partial charge in [0.15, 0.2) is 0 Å². The van der Waals surface area contributed by atoms with E-state index >= 15 is 0 Å². The SMILES string of the molecule is CCOCCCNC(=O)CCCNC(=O)c1ccc(Cl)cc1. The van der Waals surface area contributed by atoms with Gasteiger partial charge in [0.05, 0.1) is 0 Å². The van der Waals surface area contributed by atoms with Gasteiger partial charge in [0.1, 0.15) is 0 Å². The number of carbonyl (C=O) groups excluding carboxylic acids is 2. The first-order chi connectivity index (χ1) is 10.6. The molecule has 0 spiro atoms. The van der Waals surface area contributed by atoms with Crippen LogP contribution in [0.4, 0.5) is 0 Å². The van der Waals surface area contributed by atoms with Crippen LogP contribution in [0.2, 0.25) is 5.02 Å². The number of nitrogens with one attached hydrogen (secondary N) is 2. The highest BCUT2D eigenvalue weighted by atomic mass is 35.5. The molecule has 22 heavy (non-hydrogen) atoms. The van der Waals surface area contributed by atoms with E-state index in [2.05, 4.69) is 10.6 Å². The number of hydrogen-bond donors (Lipinski definition) is 2. The maximum Gasteiger partial charge on any atom is 0.251 e. The van der Waals surface area contributed by atoms with Crippen molar-refractivity contribution in [2.45, 2.75) is 26.2 Å². The third-order valence-corrected chi connectivity index (χ3v) is 3.22. The van der Waals surface area contributed by atoms with E-state index in [0.29, 0.717) is 49.7 Å². The van der Waals surface area contributed by atoms with Crippen LogP contribution in [-0.2, 0) is 9.53 Å². The number of hydrogen-bond acceptors (Lipinski definition) is 3. The average molecular weight is 327 g/mol. The van der Waals surface area contributed by atoms with Gasteiger partial charge in [0, 0.05) is 43.3 Å². The first-order valence-electron chi connectivity index (χ1n) is 7.51. The molecule has 0 aliphatic heterocycles. The van der Waals surface area contributed by atoms with E-state index in [9.17, 15) is 9.59 Å². The van der Waals surface area contributed by atoms with E-state index in [-0.39, 0.29) is 11.8 Å². The lowest BCUT2D eigenvalue weighted by atomic mass is 10.2. The number of benzene rings is 1. The number of carbonyl (C=O) groups is 2. The zero-order valence-corrected chi connectivity index (χ0v) is 13.6. The molecule has 0 heterocycles.